The molecule has 0 aliphatic heterocycles. The number of carbonyl (C=O) groups excluding carboxylic acids is 2. The molecule has 0 unspecified atom stereocenters. The van der Waals surface area contributed by atoms with Crippen molar-refractivity contribution in [3.8, 4) is 5.75 Å². The van der Waals surface area contributed by atoms with Gasteiger partial charge < -0.3 is 15.4 Å². The minimum absolute atomic E-state index is 0.257. The van der Waals surface area contributed by atoms with E-state index in [0.29, 0.717) is 40.7 Å². The lowest BCUT2D eigenvalue weighted by molar-refractivity contribution is 0.0945. The average Bonchev–Trinajstić information content (AvgIpc) is 2.72. The van der Waals surface area contributed by atoms with E-state index in [-0.39, 0.29) is 11.8 Å². The minimum Gasteiger partial charge on any atom is -0.492 e. The second-order valence-corrected chi connectivity index (χ2v) is 6.27. The number of rotatable bonds is 7. The van der Waals surface area contributed by atoms with Crippen molar-refractivity contribution < 1.29 is 14.3 Å². The van der Waals surface area contributed by atoms with Gasteiger partial charge in [0.15, 0.2) is 0 Å². The van der Waals surface area contributed by atoms with Crippen LogP contribution in [0.2, 0.25) is 5.02 Å². The van der Waals surface area contributed by atoms with Gasteiger partial charge in [-0.25, -0.2) is 0 Å². The standard InChI is InChI=1S/C21H18ClN3O3/c22-17-6-2-8-19(13-17)28-11-10-24-20(26)15-4-1-7-18(12-15)25-21(27)16-5-3-9-23-14-16/h1-9,12-14H,10-11H2,(H,24,26)(H,25,27). The van der Waals surface area contributed by atoms with Gasteiger partial charge in [0.2, 0.25) is 0 Å². The summed E-state index contributed by atoms with van der Waals surface area (Å²) < 4.78 is 5.54. The molecule has 1 heterocycles. The van der Waals surface area contributed by atoms with Gasteiger partial charge in [-0.3, -0.25) is 14.6 Å². The maximum atomic E-state index is 12.3. The molecule has 0 spiro atoms. The number of benzene rings is 2. The van der Waals surface area contributed by atoms with Gasteiger partial charge in [-0.05, 0) is 48.5 Å². The molecule has 0 bridgehead atoms. The van der Waals surface area contributed by atoms with Crippen molar-refractivity contribution in [1.29, 1.82) is 0 Å². The molecule has 0 saturated carbocycles. The van der Waals surface area contributed by atoms with Gasteiger partial charge in [0.25, 0.3) is 11.8 Å². The summed E-state index contributed by atoms with van der Waals surface area (Å²) in [5.74, 6) is 0.0922. The van der Waals surface area contributed by atoms with Crippen molar-refractivity contribution in [3.63, 3.8) is 0 Å². The van der Waals surface area contributed by atoms with E-state index in [2.05, 4.69) is 15.6 Å². The fraction of sp³-hybridized carbons (Fsp3) is 0.0952. The Morgan fingerprint density at radius 1 is 0.964 bits per heavy atom. The number of pyridine rings is 1. The number of ether oxygens (including phenoxy) is 1. The lowest BCUT2D eigenvalue weighted by atomic mass is 10.1. The molecule has 3 rings (SSSR count). The zero-order chi connectivity index (χ0) is 19.8. The van der Waals surface area contributed by atoms with E-state index in [9.17, 15) is 9.59 Å². The van der Waals surface area contributed by atoms with Crippen LogP contribution in [-0.4, -0.2) is 29.9 Å². The highest BCUT2D eigenvalue weighted by Gasteiger charge is 2.09. The molecule has 7 heteroatoms. The van der Waals surface area contributed by atoms with Gasteiger partial charge in [-0.15, -0.1) is 0 Å². The summed E-state index contributed by atoms with van der Waals surface area (Å²) in [4.78, 5) is 28.4. The summed E-state index contributed by atoms with van der Waals surface area (Å²) in [6, 6.07) is 17.1. The summed E-state index contributed by atoms with van der Waals surface area (Å²) in [6.45, 7) is 0.640. The number of aromatic nitrogens is 1. The molecular weight excluding hydrogens is 378 g/mol. The van der Waals surface area contributed by atoms with Crippen LogP contribution < -0.4 is 15.4 Å². The summed E-state index contributed by atoms with van der Waals surface area (Å²) in [5, 5.41) is 6.12. The summed E-state index contributed by atoms with van der Waals surface area (Å²) >= 11 is 5.89. The highest BCUT2D eigenvalue weighted by atomic mass is 35.5. The molecule has 28 heavy (non-hydrogen) atoms. The highest BCUT2D eigenvalue weighted by Crippen LogP contribution is 2.17. The third-order valence-electron chi connectivity index (χ3n) is 3.76. The Bertz CT molecular complexity index is 964. The quantitative estimate of drug-likeness (QED) is 0.596. The molecule has 142 valence electrons. The van der Waals surface area contributed by atoms with Crippen LogP contribution >= 0.6 is 11.6 Å². The van der Waals surface area contributed by atoms with Crippen LogP contribution in [0.3, 0.4) is 0 Å². The molecule has 3 aromatic rings. The van der Waals surface area contributed by atoms with Crippen molar-refractivity contribution in [2.45, 2.75) is 0 Å². The van der Waals surface area contributed by atoms with E-state index in [1.54, 1.807) is 66.9 Å². The van der Waals surface area contributed by atoms with Crippen LogP contribution in [0.5, 0.6) is 5.75 Å². The van der Waals surface area contributed by atoms with Gasteiger partial charge in [-0.2, -0.15) is 0 Å². The first-order chi connectivity index (χ1) is 13.6. The number of hydrogen-bond acceptors (Lipinski definition) is 4. The molecule has 0 radical (unpaired) electrons. The summed E-state index contributed by atoms with van der Waals surface area (Å²) in [6.07, 6.45) is 3.07. The Morgan fingerprint density at radius 2 is 1.79 bits per heavy atom. The van der Waals surface area contributed by atoms with Crippen LogP contribution in [0.25, 0.3) is 0 Å². The van der Waals surface area contributed by atoms with E-state index in [4.69, 9.17) is 16.3 Å². The SMILES string of the molecule is O=C(NCCOc1cccc(Cl)c1)c1cccc(NC(=O)c2cccnc2)c1. The Hall–Kier alpha value is -3.38. The van der Waals surface area contributed by atoms with Crippen molar-refractivity contribution >= 4 is 29.1 Å². The predicted molar refractivity (Wildman–Crippen MR) is 108 cm³/mol. The second kappa shape index (κ2) is 9.53. The number of anilines is 1. The van der Waals surface area contributed by atoms with Gasteiger partial charge in [0, 0.05) is 28.7 Å². The van der Waals surface area contributed by atoms with Crippen LogP contribution in [0, 0.1) is 0 Å². The lowest BCUT2D eigenvalue weighted by Crippen LogP contribution is -2.28. The number of hydrogen-bond donors (Lipinski definition) is 2. The van der Waals surface area contributed by atoms with E-state index >= 15 is 0 Å². The summed E-state index contributed by atoms with van der Waals surface area (Å²) in [5.41, 5.74) is 1.40. The molecule has 0 saturated heterocycles. The fourth-order valence-corrected chi connectivity index (χ4v) is 2.61. The third-order valence-corrected chi connectivity index (χ3v) is 3.99. The minimum atomic E-state index is -0.291. The maximum absolute atomic E-state index is 12.3. The fourth-order valence-electron chi connectivity index (χ4n) is 2.43. The molecular formula is C21H18ClN3O3. The monoisotopic (exact) mass is 395 g/mol. The first-order valence-electron chi connectivity index (χ1n) is 8.60. The van der Waals surface area contributed by atoms with Crippen LogP contribution in [0.1, 0.15) is 20.7 Å². The van der Waals surface area contributed by atoms with Crippen molar-refractivity contribution in [3.05, 3.63) is 89.2 Å². The van der Waals surface area contributed by atoms with Crippen LogP contribution in [0.15, 0.2) is 73.1 Å². The van der Waals surface area contributed by atoms with Crippen molar-refractivity contribution in [2.75, 3.05) is 18.5 Å². The summed E-state index contributed by atoms with van der Waals surface area (Å²) in [7, 11) is 0. The molecule has 6 nitrogen and oxygen atoms in total. The first kappa shape index (κ1) is 19.4. The van der Waals surface area contributed by atoms with Gasteiger partial charge in [0.1, 0.15) is 12.4 Å². The zero-order valence-corrected chi connectivity index (χ0v) is 15.6. The normalized spacial score (nSPS) is 10.2. The molecule has 2 N–H and O–H groups in total. The lowest BCUT2D eigenvalue weighted by Gasteiger charge is -2.09. The molecule has 0 fully saturated rings. The Kier molecular flexibility index (Phi) is 6.59. The van der Waals surface area contributed by atoms with E-state index in [1.165, 1.54) is 6.20 Å². The molecule has 0 aliphatic rings. The first-order valence-corrected chi connectivity index (χ1v) is 8.97. The molecule has 1 aromatic heterocycles. The Labute approximate surface area is 167 Å². The average molecular weight is 396 g/mol. The Morgan fingerprint density at radius 3 is 2.57 bits per heavy atom. The molecule has 0 atom stereocenters. The topological polar surface area (TPSA) is 80.3 Å². The zero-order valence-electron chi connectivity index (χ0n) is 14.9. The number of amides is 2. The van der Waals surface area contributed by atoms with Crippen LogP contribution in [-0.2, 0) is 0 Å². The van der Waals surface area contributed by atoms with Crippen molar-refractivity contribution in [2.24, 2.45) is 0 Å². The predicted octanol–water partition coefficient (Wildman–Crippen LogP) is 3.80. The maximum Gasteiger partial charge on any atom is 0.257 e. The third kappa shape index (κ3) is 5.56. The Balaban J connectivity index is 1.51. The molecule has 2 amide bonds. The van der Waals surface area contributed by atoms with Crippen molar-refractivity contribution in [1.82, 2.24) is 10.3 Å². The van der Waals surface area contributed by atoms with E-state index in [1.807, 2.05) is 0 Å². The largest absolute Gasteiger partial charge is 0.492 e. The van der Waals surface area contributed by atoms with E-state index in [0.717, 1.165) is 0 Å². The smallest absolute Gasteiger partial charge is 0.257 e. The highest BCUT2D eigenvalue weighted by molar-refractivity contribution is 6.30. The van der Waals surface area contributed by atoms with Crippen LogP contribution in [0.4, 0.5) is 5.69 Å². The molecule has 2 aromatic carbocycles. The van der Waals surface area contributed by atoms with E-state index < -0.39 is 0 Å². The molecule has 0 aliphatic carbocycles. The number of nitrogens with one attached hydrogen (secondary N) is 2. The second-order valence-electron chi connectivity index (χ2n) is 5.84. The number of nitrogens with zero attached hydrogens (tertiary/aromatic N) is 1. The number of halogens is 1. The number of carbonyl (C=O) groups is 2. The van der Waals surface area contributed by atoms with Gasteiger partial charge in [0.05, 0.1) is 12.1 Å². The van der Waals surface area contributed by atoms with Gasteiger partial charge >= 0.3 is 0 Å². The van der Waals surface area contributed by atoms with Gasteiger partial charge in [-0.1, -0.05) is 23.7 Å².